The SMILES string of the molecule is Cc1cc(C[C@@H]2CCCNC2C)cc(C)n1. The van der Waals surface area contributed by atoms with Gasteiger partial charge in [0.05, 0.1) is 0 Å². The summed E-state index contributed by atoms with van der Waals surface area (Å²) in [6, 6.07) is 5.12. The van der Waals surface area contributed by atoms with Crippen molar-refractivity contribution in [3.63, 3.8) is 0 Å². The molecule has 1 unspecified atom stereocenters. The average molecular weight is 218 g/mol. The van der Waals surface area contributed by atoms with Gasteiger partial charge in [-0.15, -0.1) is 0 Å². The molecule has 0 saturated carbocycles. The molecule has 1 aromatic heterocycles. The molecule has 1 aliphatic rings. The summed E-state index contributed by atoms with van der Waals surface area (Å²) in [6.45, 7) is 7.66. The Morgan fingerprint density at radius 2 is 2.00 bits per heavy atom. The standard InChI is InChI=1S/C14H22N2/c1-10-7-13(8-11(2)16-10)9-14-5-4-6-15-12(14)3/h7-8,12,14-15H,4-6,9H2,1-3H3/t12?,14-/m0/s1. The molecule has 0 radical (unpaired) electrons. The highest BCUT2D eigenvalue weighted by atomic mass is 14.9. The number of aryl methyl sites for hydroxylation is 2. The molecule has 0 bridgehead atoms. The van der Waals surface area contributed by atoms with Crippen LogP contribution in [0.15, 0.2) is 12.1 Å². The minimum Gasteiger partial charge on any atom is -0.314 e. The summed E-state index contributed by atoms with van der Waals surface area (Å²) in [5.41, 5.74) is 3.74. The van der Waals surface area contributed by atoms with Gasteiger partial charge in [0.15, 0.2) is 0 Å². The third kappa shape index (κ3) is 2.82. The van der Waals surface area contributed by atoms with Gasteiger partial charge < -0.3 is 5.32 Å². The van der Waals surface area contributed by atoms with E-state index in [1.807, 2.05) is 0 Å². The molecule has 0 amide bonds. The molecular weight excluding hydrogens is 196 g/mol. The lowest BCUT2D eigenvalue weighted by Gasteiger charge is -2.30. The second kappa shape index (κ2) is 4.96. The second-order valence-electron chi connectivity index (χ2n) is 5.11. The number of nitrogens with zero attached hydrogens (tertiary/aromatic N) is 1. The van der Waals surface area contributed by atoms with Crippen molar-refractivity contribution >= 4 is 0 Å². The van der Waals surface area contributed by atoms with E-state index in [0.29, 0.717) is 6.04 Å². The van der Waals surface area contributed by atoms with Crippen LogP contribution < -0.4 is 5.32 Å². The fraction of sp³-hybridized carbons (Fsp3) is 0.643. The van der Waals surface area contributed by atoms with Gasteiger partial charge in [-0.25, -0.2) is 0 Å². The van der Waals surface area contributed by atoms with E-state index in [1.54, 1.807) is 0 Å². The number of hydrogen-bond donors (Lipinski definition) is 1. The molecule has 1 N–H and O–H groups in total. The van der Waals surface area contributed by atoms with E-state index in [0.717, 1.165) is 17.3 Å². The van der Waals surface area contributed by atoms with E-state index in [2.05, 4.69) is 43.2 Å². The van der Waals surface area contributed by atoms with Gasteiger partial charge in [-0.3, -0.25) is 4.98 Å². The van der Waals surface area contributed by atoms with Gasteiger partial charge >= 0.3 is 0 Å². The van der Waals surface area contributed by atoms with Crippen LogP contribution in [0.4, 0.5) is 0 Å². The zero-order valence-electron chi connectivity index (χ0n) is 10.6. The van der Waals surface area contributed by atoms with Crippen LogP contribution in [0.25, 0.3) is 0 Å². The normalized spacial score (nSPS) is 25.7. The van der Waals surface area contributed by atoms with Crippen LogP contribution in [0, 0.1) is 19.8 Å². The van der Waals surface area contributed by atoms with Crippen molar-refractivity contribution < 1.29 is 0 Å². The third-order valence-corrected chi connectivity index (χ3v) is 3.56. The van der Waals surface area contributed by atoms with Gasteiger partial charge in [-0.2, -0.15) is 0 Å². The number of aromatic nitrogens is 1. The van der Waals surface area contributed by atoms with Crippen LogP contribution in [0.2, 0.25) is 0 Å². The van der Waals surface area contributed by atoms with Crippen LogP contribution in [0.1, 0.15) is 36.7 Å². The summed E-state index contributed by atoms with van der Waals surface area (Å²) in [5.74, 6) is 0.787. The Bertz CT molecular complexity index is 340. The first kappa shape index (κ1) is 11.6. The van der Waals surface area contributed by atoms with Crippen LogP contribution in [-0.2, 0) is 6.42 Å². The van der Waals surface area contributed by atoms with E-state index in [-0.39, 0.29) is 0 Å². The maximum atomic E-state index is 4.43. The molecule has 0 aromatic carbocycles. The fourth-order valence-corrected chi connectivity index (χ4v) is 2.73. The molecule has 1 saturated heterocycles. The van der Waals surface area contributed by atoms with Crippen LogP contribution in [0.5, 0.6) is 0 Å². The summed E-state index contributed by atoms with van der Waals surface area (Å²) in [4.78, 5) is 4.43. The number of piperidine rings is 1. The average Bonchev–Trinajstić information content (AvgIpc) is 2.20. The second-order valence-corrected chi connectivity index (χ2v) is 5.11. The van der Waals surface area contributed by atoms with E-state index in [4.69, 9.17) is 0 Å². The quantitative estimate of drug-likeness (QED) is 0.825. The lowest BCUT2D eigenvalue weighted by atomic mass is 9.86. The zero-order valence-corrected chi connectivity index (χ0v) is 10.6. The maximum absolute atomic E-state index is 4.43. The largest absolute Gasteiger partial charge is 0.314 e. The lowest BCUT2D eigenvalue weighted by molar-refractivity contribution is 0.295. The van der Waals surface area contributed by atoms with Gasteiger partial charge in [0.25, 0.3) is 0 Å². The lowest BCUT2D eigenvalue weighted by Crippen LogP contribution is -2.39. The Labute approximate surface area is 98.5 Å². The van der Waals surface area contributed by atoms with Gasteiger partial charge in [-0.05, 0) is 70.2 Å². The third-order valence-electron chi connectivity index (χ3n) is 3.56. The Balaban J connectivity index is 2.07. The molecule has 2 heterocycles. The van der Waals surface area contributed by atoms with Crippen molar-refractivity contribution in [1.82, 2.24) is 10.3 Å². The molecule has 88 valence electrons. The Hall–Kier alpha value is -0.890. The van der Waals surface area contributed by atoms with Crippen molar-refractivity contribution in [1.29, 1.82) is 0 Å². The number of rotatable bonds is 2. The minimum absolute atomic E-state index is 0.655. The Morgan fingerprint density at radius 3 is 2.62 bits per heavy atom. The number of nitrogens with one attached hydrogen (secondary N) is 1. The molecule has 0 spiro atoms. The Kier molecular flexibility index (Phi) is 3.59. The first-order valence-electron chi connectivity index (χ1n) is 6.32. The monoisotopic (exact) mass is 218 g/mol. The van der Waals surface area contributed by atoms with Crippen molar-refractivity contribution in [3.8, 4) is 0 Å². The molecule has 1 aliphatic heterocycles. The van der Waals surface area contributed by atoms with Crippen molar-refractivity contribution in [2.75, 3.05) is 6.54 Å². The highest BCUT2D eigenvalue weighted by Gasteiger charge is 2.20. The molecule has 1 aromatic rings. The molecule has 2 heteroatoms. The van der Waals surface area contributed by atoms with E-state index in [1.165, 1.54) is 31.4 Å². The number of hydrogen-bond acceptors (Lipinski definition) is 2. The van der Waals surface area contributed by atoms with Gasteiger partial charge in [0.2, 0.25) is 0 Å². The molecule has 2 nitrogen and oxygen atoms in total. The summed E-state index contributed by atoms with van der Waals surface area (Å²) in [7, 11) is 0. The smallest absolute Gasteiger partial charge is 0.0378 e. The van der Waals surface area contributed by atoms with Gasteiger partial charge in [0, 0.05) is 17.4 Å². The molecule has 0 aliphatic carbocycles. The molecular formula is C14H22N2. The predicted octanol–water partition coefficient (Wildman–Crippen LogP) is 2.63. The fourth-order valence-electron chi connectivity index (χ4n) is 2.73. The highest BCUT2D eigenvalue weighted by Crippen LogP contribution is 2.21. The van der Waals surface area contributed by atoms with Crippen molar-refractivity contribution in [2.45, 2.75) is 46.1 Å². The van der Waals surface area contributed by atoms with E-state index >= 15 is 0 Å². The van der Waals surface area contributed by atoms with E-state index in [9.17, 15) is 0 Å². The maximum Gasteiger partial charge on any atom is 0.0378 e. The molecule has 1 fully saturated rings. The minimum atomic E-state index is 0.655. The summed E-state index contributed by atoms with van der Waals surface area (Å²) in [5, 5.41) is 3.57. The van der Waals surface area contributed by atoms with Crippen LogP contribution >= 0.6 is 0 Å². The highest BCUT2D eigenvalue weighted by molar-refractivity contribution is 5.21. The summed E-state index contributed by atoms with van der Waals surface area (Å²) >= 11 is 0. The van der Waals surface area contributed by atoms with Crippen LogP contribution in [0.3, 0.4) is 0 Å². The van der Waals surface area contributed by atoms with Gasteiger partial charge in [0.1, 0.15) is 0 Å². The molecule has 2 atom stereocenters. The first-order chi connectivity index (χ1) is 7.65. The topological polar surface area (TPSA) is 24.9 Å². The molecule has 2 rings (SSSR count). The van der Waals surface area contributed by atoms with Crippen molar-refractivity contribution in [3.05, 3.63) is 29.1 Å². The first-order valence-corrected chi connectivity index (χ1v) is 6.32. The van der Waals surface area contributed by atoms with Crippen molar-refractivity contribution in [2.24, 2.45) is 5.92 Å². The Morgan fingerprint density at radius 1 is 1.31 bits per heavy atom. The van der Waals surface area contributed by atoms with Crippen LogP contribution in [-0.4, -0.2) is 17.6 Å². The summed E-state index contributed by atoms with van der Waals surface area (Å²) < 4.78 is 0. The zero-order chi connectivity index (χ0) is 11.5. The summed E-state index contributed by atoms with van der Waals surface area (Å²) in [6.07, 6.45) is 3.87. The predicted molar refractivity (Wildman–Crippen MR) is 67.6 cm³/mol. The van der Waals surface area contributed by atoms with Gasteiger partial charge in [-0.1, -0.05) is 0 Å². The number of pyridine rings is 1. The van der Waals surface area contributed by atoms with E-state index < -0.39 is 0 Å². The molecule has 16 heavy (non-hydrogen) atoms.